The number of benzene rings is 1. The lowest BCUT2D eigenvalue weighted by Crippen LogP contribution is -2.50. The first-order valence-corrected chi connectivity index (χ1v) is 14.1. The predicted octanol–water partition coefficient (Wildman–Crippen LogP) is 3.31. The van der Waals surface area contributed by atoms with Crippen molar-refractivity contribution in [2.75, 3.05) is 19.5 Å². The Kier molecular flexibility index (Phi) is 9.69. The van der Waals surface area contributed by atoms with Crippen LogP contribution in [0.3, 0.4) is 0 Å². The van der Waals surface area contributed by atoms with Crippen molar-refractivity contribution in [2.24, 2.45) is 0 Å². The normalized spacial score (nSPS) is 12.8. The summed E-state index contributed by atoms with van der Waals surface area (Å²) in [6.45, 7) is 6.16. The minimum Gasteiger partial charge on any atom is -0.450 e. The average Bonchev–Trinajstić information content (AvgIpc) is 3.35. The number of amides is 1. The van der Waals surface area contributed by atoms with Crippen molar-refractivity contribution >= 4 is 15.7 Å². The zero-order valence-electron chi connectivity index (χ0n) is 21.9. The maximum atomic E-state index is 12.8. The lowest BCUT2D eigenvalue weighted by molar-refractivity contribution is -0.135. The van der Waals surface area contributed by atoms with Gasteiger partial charge in [0.1, 0.15) is 12.4 Å². The molecule has 1 atom stereocenters. The van der Waals surface area contributed by atoms with Crippen LogP contribution in [0.15, 0.2) is 63.9 Å². The number of rotatable bonds is 11. The number of sulfone groups is 1. The maximum absolute atomic E-state index is 12.8. The first kappa shape index (κ1) is 28.9. The van der Waals surface area contributed by atoms with Crippen LogP contribution in [0.5, 0.6) is 0 Å². The maximum Gasteiger partial charge on any atom is 0.264 e. The molecule has 0 bridgehead atoms. The van der Waals surface area contributed by atoms with E-state index in [2.05, 4.69) is 17.3 Å². The molecule has 10 heteroatoms. The fraction of sp³-hybridized carbons (Fsp3) is 0.357. The second kappa shape index (κ2) is 12.7. The van der Waals surface area contributed by atoms with Crippen molar-refractivity contribution in [2.45, 2.75) is 45.1 Å². The van der Waals surface area contributed by atoms with E-state index in [9.17, 15) is 18.0 Å². The average molecular weight is 541 g/mol. The standard InChI is InChI=1S/C28H32N2O7S/c1-5-35-20-25-14-13-24(37-25)12-9-21-7-10-22(11-8-21)23-15-17-30(26(31)19-23)18-16-28(3,38(4,33)34)27(32)29-36-6-2/h7-8,10-11,13-15,17,19H,5-6,16,18,20H2,1-4H3,(H,29,32)/t28-/m1/s1. The summed E-state index contributed by atoms with van der Waals surface area (Å²) in [6.07, 6.45) is 2.48. The molecule has 1 aromatic carbocycles. The Balaban J connectivity index is 1.70. The summed E-state index contributed by atoms with van der Waals surface area (Å²) in [5.41, 5.74) is 4.18. The molecule has 0 aliphatic rings. The van der Waals surface area contributed by atoms with Crippen LogP contribution in [-0.4, -0.2) is 43.1 Å². The van der Waals surface area contributed by atoms with Crippen LogP contribution in [0.2, 0.25) is 0 Å². The van der Waals surface area contributed by atoms with Gasteiger partial charge in [0.15, 0.2) is 20.3 Å². The highest BCUT2D eigenvalue weighted by Gasteiger charge is 2.43. The van der Waals surface area contributed by atoms with Gasteiger partial charge in [-0.15, -0.1) is 0 Å². The van der Waals surface area contributed by atoms with Gasteiger partial charge in [-0.1, -0.05) is 18.1 Å². The van der Waals surface area contributed by atoms with E-state index in [0.29, 0.717) is 24.5 Å². The zero-order valence-corrected chi connectivity index (χ0v) is 22.8. The van der Waals surface area contributed by atoms with Crippen molar-refractivity contribution < 1.29 is 27.2 Å². The lowest BCUT2D eigenvalue weighted by atomic mass is 10.0. The van der Waals surface area contributed by atoms with E-state index >= 15 is 0 Å². The monoisotopic (exact) mass is 540 g/mol. The second-order valence-corrected chi connectivity index (χ2v) is 11.2. The number of nitrogens with one attached hydrogen (secondary N) is 1. The summed E-state index contributed by atoms with van der Waals surface area (Å²) in [4.78, 5) is 30.1. The van der Waals surface area contributed by atoms with Crippen LogP contribution in [0, 0.1) is 11.8 Å². The number of carbonyl (C=O) groups is 1. The van der Waals surface area contributed by atoms with Crippen molar-refractivity contribution in [3.05, 3.63) is 82.2 Å². The number of pyridine rings is 1. The van der Waals surface area contributed by atoms with Gasteiger partial charge >= 0.3 is 0 Å². The second-order valence-electron chi connectivity index (χ2n) is 8.79. The molecule has 1 N–H and O–H groups in total. The molecule has 0 aliphatic carbocycles. The molecule has 2 aromatic heterocycles. The number of aromatic nitrogens is 1. The van der Waals surface area contributed by atoms with Crippen LogP contribution in [-0.2, 0) is 37.4 Å². The SMILES string of the molecule is CCOCc1ccc(C#Cc2ccc(-c3ccn(CC[C@](C)(C(=O)NOCC)S(C)(=O)=O)c(=O)c3)cc2)o1. The van der Waals surface area contributed by atoms with Gasteiger partial charge < -0.3 is 13.7 Å². The van der Waals surface area contributed by atoms with Gasteiger partial charge in [0.05, 0.1) is 6.61 Å². The first-order chi connectivity index (χ1) is 18.1. The van der Waals surface area contributed by atoms with Gasteiger partial charge in [-0.25, -0.2) is 13.9 Å². The lowest BCUT2D eigenvalue weighted by Gasteiger charge is -2.26. The molecule has 3 aromatic rings. The van der Waals surface area contributed by atoms with E-state index in [0.717, 1.165) is 23.1 Å². The fourth-order valence-electron chi connectivity index (χ4n) is 3.52. The molecule has 1 amide bonds. The van der Waals surface area contributed by atoms with Crippen LogP contribution < -0.4 is 11.0 Å². The number of furan rings is 1. The number of hydroxylamine groups is 1. The third-order valence-corrected chi connectivity index (χ3v) is 8.12. The summed E-state index contributed by atoms with van der Waals surface area (Å²) >= 11 is 0. The van der Waals surface area contributed by atoms with Gasteiger partial charge in [-0.2, -0.15) is 0 Å². The molecular formula is C28H32N2O7S. The molecule has 0 aliphatic heterocycles. The van der Waals surface area contributed by atoms with E-state index in [1.807, 2.05) is 37.3 Å². The van der Waals surface area contributed by atoms with Gasteiger partial charge in [0.25, 0.3) is 11.5 Å². The van der Waals surface area contributed by atoms with Crippen molar-refractivity contribution in [3.8, 4) is 23.0 Å². The van der Waals surface area contributed by atoms with Crippen LogP contribution >= 0.6 is 0 Å². The Bertz CT molecular complexity index is 1480. The zero-order chi connectivity index (χ0) is 27.8. The Morgan fingerprint density at radius 1 is 1.05 bits per heavy atom. The summed E-state index contributed by atoms with van der Waals surface area (Å²) in [6, 6.07) is 14.3. The van der Waals surface area contributed by atoms with Crippen LogP contribution in [0.4, 0.5) is 0 Å². The molecule has 2 heterocycles. The number of hydrogen-bond donors (Lipinski definition) is 1. The van der Waals surface area contributed by atoms with Gasteiger partial charge in [0, 0.05) is 37.2 Å². The minimum absolute atomic E-state index is 0.0375. The van der Waals surface area contributed by atoms with Crippen molar-refractivity contribution in [1.82, 2.24) is 10.0 Å². The summed E-state index contributed by atoms with van der Waals surface area (Å²) < 4.78 is 35.3. The third-order valence-electron chi connectivity index (χ3n) is 6.09. The summed E-state index contributed by atoms with van der Waals surface area (Å²) in [5, 5.41) is 0. The molecule has 0 saturated carbocycles. The highest BCUT2D eigenvalue weighted by atomic mass is 32.2. The Hall–Kier alpha value is -3.65. The van der Waals surface area contributed by atoms with Crippen LogP contribution in [0.25, 0.3) is 11.1 Å². The smallest absolute Gasteiger partial charge is 0.264 e. The molecule has 0 fully saturated rings. The van der Waals surface area contributed by atoms with E-state index < -0.39 is 20.5 Å². The van der Waals surface area contributed by atoms with E-state index in [-0.39, 0.29) is 25.1 Å². The highest BCUT2D eigenvalue weighted by molar-refractivity contribution is 7.92. The van der Waals surface area contributed by atoms with Gasteiger partial charge in [0.2, 0.25) is 0 Å². The molecule has 9 nitrogen and oxygen atoms in total. The van der Waals surface area contributed by atoms with Crippen LogP contribution in [0.1, 0.15) is 44.3 Å². The Morgan fingerprint density at radius 2 is 1.79 bits per heavy atom. The van der Waals surface area contributed by atoms with E-state index in [1.54, 1.807) is 25.3 Å². The molecule has 38 heavy (non-hydrogen) atoms. The number of nitrogens with zero attached hydrogens (tertiary/aromatic N) is 1. The summed E-state index contributed by atoms with van der Waals surface area (Å²) in [5.74, 6) is 6.54. The number of hydrogen-bond acceptors (Lipinski definition) is 7. The van der Waals surface area contributed by atoms with Gasteiger partial charge in [-0.05, 0) is 74.6 Å². The summed E-state index contributed by atoms with van der Waals surface area (Å²) in [7, 11) is -3.79. The number of carbonyl (C=O) groups excluding carboxylic acids is 1. The van der Waals surface area contributed by atoms with Gasteiger partial charge in [-0.3, -0.25) is 14.4 Å². The Morgan fingerprint density at radius 3 is 2.42 bits per heavy atom. The highest BCUT2D eigenvalue weighted by Crippen LogP contribution is 2.23. The topological polar surface area (TPSA) is 117 Å². The third kappa shape index (κ3) is 7.22. The predicted molar refractivity (Wildman–Crippen MR) is 144 cm³/mol. The minimum atomic E-state index is -3.79. The quantitative estimate of drug-likeness (QED) is 0.293. The van der Waals surface area contributed by atoms with Crippen molar-refractivity contribution in [3.63, 3.8) is 0 Å². The van der Waals surface area contributed by atoms with Crippen molar-refractivity contribution in [1.29, 1.82) is 0 Å². The number of aryl methyl sites for hydroxylation is 1. The molecule has 202 valence electrons. The molecule has 3 rings (SSSR count). The largest absolute Gasteiger partial charge is 0.450 e. The number of ether oxygens (including phenoxy) is 1. The molecule has 0 unspecified atom stereocenters. The van der Waals surface area contributed by atoms with E-state index in [4.69, 9.17) is 14.0 Å². The molecule has 0 radical (unpaired) electrons. The first-order valence-electron chi connectivity index (χ1n) is 12.2. The Labute approximate surface area is 222 Å². The van der Waals surface area contributed by atoms with E-state index in [1.165, 1.54) is 17.6 Å². The molecular weight excluding hydrogens is 508 g/mol. The molecule has 0 spiro atoms. The fourth-order valence-corrected chi connectivity index (χ4v) is 4.36. The molecule has 0 saturated heterocycles.